The van der Waals surface area contributed by atoms with Crippen molar-refractivity contribution in [2.45, 2.75) is 13.1 Å². The Hall–Kier alpha value is -2.56. The van der Waals surface area contributed by atoms with Crippen LogP contribution in [0.25, 0.3) is 0 Å². The molecule has 0 radical (unpaired) electrons. The molecule has 0 saturated heterocycles. The SMILES string of the molecule is Cc1cc(NS(=O)(=O)CCNC(=O)c2ccc(C(F)(F)F)cc2)no1. The maximum Gasteiger partial charge on any atom is 0.416 e. The van der Waals surface area contributed by atoms with Gasteiger partial charge in [0.2, 0.25) is 10.0 Å². The van der Waals surface area contributed by atoms with Crippen molar-refractivity contribution in [2.75, 3.05) is 17.0 Å². The molecular weight excluding hydrogens is 363 g/mol. The molecule has 0 unspecified atom stereocenters. The van der Waals surface area contributed by atoms with Gasteiger partial charge in [0.15, 0.2) is 5.82 Å². The number of halogens is 3. The molecule has 0 spiro atoms. The molecule has 0 saturated carbocycles. The number of aromatic nitrogens is 1. The van der Waals surface area contributed by atoms with Crippen LogP contribution in [0.4, 0.5) is 19.0 Å². The molecule has 0 bridgehead atoms. The second kappa shape index (κ2) is 7.13. The molecule has 0 aliphatic rings. The predicted octanol–water partition coefficient (Wildman–Crippen LogP) is 2.17. The highest BCUT2D eigenvalue weighted by atomic mass is 32.2. The number of nitrogens with zero attached hydrogens (tertiary/aromatic N) is 1. The zero-order valence-corrected chi connectivity index (χ0v) is 13.7. The number of anilines is 1. The Balaban J connectivity index is 1.87. The molecule has 7 nitrogen and oxygen atoms in total. The summed E-state index contributed by atoms with van der Waals surface area (Å²) in [6.07, 6.45) is -4.49. The molecule has 2 N–H and O–H groups in total. The van der Waals surface area contributed by atoms with E-state index in [1.165, 1.54) is 6.07 Å². The Morgan fingerprint density at radius 2 is 1.88 bits per heavy atom. The number of rotatable bonds is 6. The first-order chi connectivity index (χ1) is 11.6. The molecule has 0 fully saturated rings. The van der Waals surface area contributed by atoms with E-state index < -0.39 is 33.4 Å². The van der Waals surface area contributed by atoms with E-state index in [0.717, 1.165) is 24.3 Å². The van der Waals surface area contributed by atoms with Crippen molar-refractivity contribution in [1.82, 2.24) is 10.5 Å². The third kappa shape index (κ3) is 5.48. The minimum Gasteiger partial charge on any atom is -0.360 e. The molecule has 0 aliphatic carbocycles. The van der Waals surface area contributed by atoms with Gasteiger partial charge in [0.1, 0.15) is 5.76 Å². The van der Waals surface area contributed by atoms with Crippen LogP contribution in [0.15, 0.2) is 34.9 Å². The number of aryl methyl sites for hydroxylation is 1. The summed E-state index contributed by atoms with van der Waals surface area (Å²) in [6.45, 7) is 1.36. The molecule has 1 heterocycles. The summed E-state index contributed by atoms with van der Waals surface area (Å²) in [5.41, 5.74) is -0.885. The number of benzene rings is 1. The molecule has 0 atom stereocenters. The Bertz CT molecular complexity index is 845. The van der Waals surface area contributed by atoms with Crippen LogP contribution in [-0.2, 0) is 16.2 Å². The maximum atomic E-state index is 12.4. The minimum absolute atomic E-state index is 0.00881. The van der Waals surface area contributed by atoms with Gasteiger partial charge in [0.25, 0.3) is 5.91 Å². The Morgan fingerprint density at radius 3 is 2.40 bits per heavy atom. The van der Waals surface area contributed by atoms with Gasteiger partial charge in [-0.3, -0.25) is 9.52 Å². The molecule has 0 aliphatic heterocycles. The van der Waals surface area contributed by atoms with Crippen LogP contribution in [0, 0.1) is 6.92 Å². The summed E-state index contributed by atoms with van der Waals surface area (Å²) in [4.78, 5) is 11.8. The van der Waals surface area contributed by atoms with Gasteiger partial charge in [-0.15, -0.1) is 0 Å². The zero-order valence-electron chi connectivity index (χ0n) is 12.9. The number of hydrogen-bond acceptors (Lipinski definition) is 5. The fraction of sp³-hybridized carbons (Fsp3) is 0.286. The Morgan fingerprint density at radius 1 is 1.24 bits per heavy atom. The van der Waals surface area contributed by atoms with E-state index in [2.05, 4.69) is 15.2 Å². The van der Waals surface area contributed by atoms with Gasteiger partial charge in [-0.2, -0.15) is 13.2 Å². The smallest absolute Gasteiger partial charge is 0.360 e. The van der Waals surface area contributed by atoms with Crippen LogP contribution in [0.3, 0.4) is 0 Å². The van der Waals surface area contributed by atoms with Gasteiger partial charge in [-0.25, -0.2) is 8.42 Å². The predicted molar refractivity (Wildman–Crippen MR) is 82.4 cm³/mol. The molecule has 136 valence electrons. The van der Waals surface area contributed by atoms with E-state index in [0.29, 0.717) is 5.76 Å². The van der Waals surface area contributed by atoms with E-state index in [9.17, 15) is 26.4 Å². The molecule has 1 aromatic heterocycles. The molecule has 1 aromatic carbocycles. The third-order valence-electron chi connectivity index (χ3n) is 3.02. The minimum atomic E-state index is -4.49. The number of sulfonamides is 1. The van der Waals surface area contributed by atoms with Crippen molar-refractivity contribution in [2.24, 2.45) is 0 Å². The molecule has 2 aromatic rings. The quantitative estimate of drug-likeness (QED) is 0.803. The molecule has 2 rings (SSSR count). The Kier molecular flexibility index (Phi) is 5.36. The van der Waals surface area contributed by atoms with E-state index in [1.807, 2.05) is 0 Å². The highest BCUT2D eigenvalue weighted by Gasteiger charge is 2.30. The zero-order chi connectivity index (χ0) is 18.7. The van der Waals surface area contributed by atoms with Gasteiger partial charge in [0.05, 0.1) is 11.3 Å². The van der Waals surface area contributed by atoms with Gasteiger partial charge in [-0.1, -0.05) is 5.16 Å². The lowest BCUT2D eigenvalue weighted by Gasteiger charge is -2.09. The van der Waals surface area contributed by atoms with E-state index >= 15 is 0 Å². The van der Waals surface area contributed by atoms with Crippen molar-refractivity contribution in [3.63, 3.8) is 0 Å². The first kappa shape index (κ1) is 18.8. The van der Waals surface area contributed by atoms with Crippen molar-refractivity contribution in [3.05, 3.63) is 47.2 Å². The second-order valence-corrected chi connectivity index (χ2v) is 6.92. The van der Waals surface area contributed by atoms with Crippen LogP contribution in [-0.4, -0.2) is 31.8 Å². The fourth-order valence-corrected chi connectivity index (χ4v) is 2.72. The number of carbonyl (C=O) groups is 1. The third-order valence-corrected chi connectivity index (χ3v) is 4.28. The van der Waals surface area contributed by atoms with Gasteiger partial charge < -0.3 is 9.84 Å². The van der Waals surface area contributed by atoms with Gasteiger partial charge >= 0.3 is 6.18 Å². The monoisotopic (exact) mass is 377 g/mol. The van der Waals surface area contributed by atoms with Crippen molar-refractivity contribution < 1.29 is 30.9 Å². The topological polar surface area (TPSA) is 101 Å². The summed E-state index contributed by atoms with van der Waals surface area (Å²) in [6, 6.07) is 4.98. The number of hydrogen-bond donors (Lipinski definition) is 2. The van der Waals surface area contributed by atoms with Crippen molar-refractivity contribution >= 4 is 21.7 Å². The van der Waals surface area contributed by atoms with Crippen LogP contribution < -0.4 is 10.0 Å². The number of amides is 1. The lowest BCUT2D eigenvalue weighted by Crippen LogP contribution is -2.31. The molecule has 25 heavy (non-hydrogen) atoms. The first-order valence-corrected chi connectivity index (χ1v) is 8.61. The molecule has 1 amide bonds. The van der Waals surface area contributed by atoms with Crippen LogP contribution in [0.1, 0.15) is 21.7 Å². The largest absolute Gasteiger partial charge is 0.416 e. The van der Waals surface area contributed by atoms with E-state index in [-0.39, 0.29) is 17.9 Å². The van der Waals surface area contributed by atoms with Crippen LogP contribution in [0.2, 0.25) is 0 Å². The summed E-state index contributed by atoms with van der Waals surface area (Å²) in [5, 5.41) is 5.80. The fourth-order valence-electron chi connectivity index (χ4n) is 1.84. The normalized spacial score (nSPS) is 12.0. The maximum absolute atomic E-state index is 12.4. The Labute approximate surface area is 141 Å². The van der Waals surface area contributed by atoms with Crippen LogP contribution >= 0.6 is 0 Å². The van der Waals surface area contributed by atoms with Crippen molar-refractivity contribution in [1.29, 1.82) is 0 Å². The van der Waals surface area contributed by atoms with Crippen LogP contribution in [0.5, 0.6) is 0 Å². The average Bonchev–Trinajstić information content (AvgIpc) is 2.90. The van der Waals surface area contributed by atoms with E-state index in [1.54, 1.807) is 6.92 Å². The summed E-state index contributed by atoms with van der Waals surface area (Å²) in [7, 11) is -3.76. The molecule has 11 heteroatoms. The summed E-state index contributed by atoms with van der Waals surface area (Å²) >= 11 is 0. The number of carbonyl (C=O) groups excluding carboxylic acids is 1. The summed E-state index contributed by atoms with van der Waals surface area (Å²) < 4.78 is 67.9. The van der Waals surface area contributed by atoms with Gasteiger partial charge in [0, 0.05) is 18.2 Å². The number of nitrogens with one attached hydrogen (secondary N) is 2. The lowest BCUT2D eigenvalue weighted by molar-refractivity contribution is -0.137. The highest BCUT2D eigenvalue weighted by Crippen LogP contribution is 2.29. The molecular formula is C14H14F3N3O4S. The first-order valence-electron chi connectivity index (χ1n) is 6.96. The second-order valence-electron chi connectivity index (χ2n) is 5.07. The van der Waals surface area contributed by atoms with Gasteiger partial charge in [-0.05, 0) is 31.2 Å². The van der Waals surface area contributed by atoms with E-state index in [4.69, 9.17) is 4.52 Å². The van der Waals surface area contributed by atoms with Crippen molar-refractivity contribution in [3.8, 4) is 0 Å². The summed E-state index contributed by atoms with van der Waals surface area (Å²) in [5.74, 6) is -0.674. The highest BCUT2D eigenvalue weighted by molar-refractivity contribution is 7.92. The average molecular weight is 377 g/mol. The standard InChI is InChI=1S/C14H14F3N3O4S/c1-9-8-12(19-24-9)20-25(22,23)7-6-18-13(21)10-2-4-11(5-3-10)14(15,16)17/h2-5,8H,6-7H2,1H3,(H,18,21)(H,19,20). The number of alkyl halides is 3. The lowest BCUT2D eigenvalue weighted by atomic mass is 10.1.